The topological polar surface area (TPSA) is 87.7 Å². The summed E-state index contributed by atoms with van der Waals surface area (Å²) in [6.45, 7) is 5.94. The molecule has 0 unspecified atom stereocenters. The first-order valence-corrected chi connectivity index (χ1v) is 5.73. The number of rotatable bonds is 2. The molecule has 1 amide bonds. The van der Waals surface area contributed by atoms with Crippen molar-refractivity contribution < 1.29 is 19.4 Å². The fourth-order valence-electron chi connectivity index (χ4n) is 1.71. The zero-order valence-electron chi connectivity index (χ0n) is 10.4. The second-order valence-corrected chi connectivity index (χ2v) is 5.21. The summed E-state index contributed by atoms with van der Waals surface area (Å²) in [4.78, 5) is 22.3. The van der Waals surface area contributed by atoms with E-state index in [1.54, 1.807) is 20.8 Å². The molecule has 3 N–H and O–H groups in total. The molecule has 6 nitrogen and oxygen atoms in total. The largest absolute Gasteiger partial charge is 0.480 e. The van der Waals surface area contributed by atoms with E-state index in [0.717, 1.165) is 0 Å². The van der Waals surface area contributed by atoms with Gasteiger partial charge in [0, 0.05) is 6.04 Å². The lowest BCUT2D eigenvalue weighted by atomic mass is 10.00. The number of hydrogen-bond donors (Lipinski definition) is 3. The third-order valence-corrected chi connectivity index (χ3v) is 2.42. The summed E-state index contributed by atoms with van der Waals surface area (Å²) in [6, 6.07) is -0.740. The Balaban J connectivity index is 2.41. The van der Waals surface area contributed by atoms with Gasteiger partial charge in [-0.3, -0.25) is 4.79 Å². The lowest BCUT2D eigenvalue weighted by Gasteiger charge is -2.29. The molecule has 1 saturated heterocycles. The fraction of sp³-hybridized carbons (Fsp3) is 0.818. The van der Waals surface area contributed by atoms with E-state index >= 15 is 0 Å². The smallest absolute Gasteiger partial charge is 0.407 e. The first-order chi connectivity index (χ1) is 7.78. The second-order valence-electron chi connectivity index (χ2n) is 5.21. The fourth-order valence-corrected chi connectivity index (χ4v) is 1.71. The summed E-state index contributed by atoms with van der Waals surface area (Å²) in [5.41, 5.74) is -0.538. The Labute approximate surface area is 101 Å². The predicted octanol–water partition coefficient (Wildman–Crippen LogP) is 0.716. The Kier molecular flexibility index (Phi) is 4.34. The Bertz CT molecular complexity index is 298. The van der Waals surface area contributed by atoms with E-state index in [-0.39, 0.29) is 6.04 Å². The summed E-state index contributed by atoms with van der Waals surface area (Å²) in [7, 11) is 0. The molecule has 0 bridgehead atoms. The minimum absolute atomic E-state index is 0.146. The Morgan fingerprint density at radius 3 is 2.59 bits per heavy atom. The molecule has 1 heterocycles. The number of piperidine rings is 1. The first kappa shape index (κ1) is 13.8. The van der Waals surface area contributed by atoms with Crippen LogP contribution in [0, 0.1) is 0 Å². The van der Waals surface area contributed by atoms with Crippen molar-refractivity contribution in [1.29, 1.82) is 0 Å². The maximum Gasteiger partial charge on any atom is 0.407 e. The van der Waals surface area contributed by atoms with Crippen LogP contribution in [-0.4, -0.2) is 41.4 Å². The maximum absolute atomic E-state index is 11.5. The molecule has 1 aliphatic heterocycles. The van der Waals surface area contributed by atoms with Gasteiger partial charge in [-0.05, 0) is 40.2 Å². The number of ether oxygens (including phenoxy) is 1. The monoisotopic (exact) mass is 244 g/mol. The van der Waals surface area contributed by atoms with E-state index in [1.165, 1.54) is 0 Å². The van der Waals surface area contributed by atoms with Gasteiger partial charge in [-0.15, -0.1) is 0 Å². The molecule has 0 aromatic carbocycles. The normalized spacial score (nSPS) is 25.1. The molecule has 1 rings (SSSR count). The number of alkyl carbamates (subject to hydrolysis) is 1. The zero-order valence-corrected chi connectivity index (χ0v) is 10.4. The third kappa shape index (κ3) is 5.04. The summed E-state index contributed by atoms with van der Waals surface area (Å²) in [6.07, 6.45) is 0.603. The number of carboxylic acids is 1. The van der Waals surface area contributed by atoms with E-state index in [4.69, 9.17) is 9.84 Å². The number of hydrogen-bond acceptors (Lipinski definition) is 4. The number of nitrogens with one attached hydrogen (secondary N) is 2. The van der Waals surface area contributed by atoms with Gasteiger partial charge >= 0.3 is 12.1 Å². The van der Waals surface area contributed by atoms with Crippen LogP contribution < -0.4 is 10.6 Å². The van der Waals surface area contributed by atoms with Crippen LogP contribution in [0.15, 0.2) is 0 Å². The van der Waals surface area contributed by atoms with Crippen LogP contribution in [0.3, 0.4) is 0 Å². The summed E-state index contributed by atoms with van der Waals surface area (Å²) in [5.74, 6) is -0.888. The molecule has 0 spiro atoms. The van der Waals surface area contributed by atoms with Gasteiger partial charge in [0.2, 0.25) is 0 Å². The van der Waals surface area contributed by atoms with E-state index in [9.17, 15) is 9.59 Å². The standard InChI is InChI=1S/C11H20N2O4/c1-11(2,3)17-10(16)13-7-4-5-12-8(6-7)9(14)15/h7-8,12H,4-6H2,1-3H3,(H,13,16)(H,14,15)/t7-,8+/m1/s1. The molecule has 17 heavy (non-hydrogen) atoms. The van der Waals surface area contributed by atoms with Crippen molar-refractivity contribution in [3.63, 3.8) is 0 Å². The molecular formula is C11H20N2O4. The van der Waals surface area contributed by atoms with Gasteiger partial charge < -0.3 is 20.5 Å². The number of aliphatic carboxylic acids is 1. The van der Waals surface area contributed by atoms with Crippen LogP contribution in [-0.2, 0) is 9.53 Å². The van der Waals surface area contributed by atoms with Crippen LogP contribution in [0.4, 0.5) is 4.79 Å². The second kappa shape index (κ2) is 5.35. The molecule has 0 aromatic rings. The SMILES string of the molecule is CC(C)(C)OC(=O)N[C@@H]1CCN[C@H](C(=O)O)C1. The highest BCUT2D eigenvalue weighted by Crippen LogP contribution is 2.11. The summed E-state index contributed by atoms with van der Waals surface area (Å²) < 4.78 is 5.12. The van der Waals surface area contributed by atoms with Gasteiger partial charge in [-0.25, -0.2) is 4.79 Å². The number of amides is 1. The molecule has 0 aromatic heterocycles. The van der Waals surface area contributed by atoms with Crippen molar-refractivity contribution in [1.82, 2.24) is 10.6 Å². The minimum atomic E-state index is -0.888. The Morgan fingerprint density at radius 2 is 2.06 bits per heavy atom. The van der Waals surface area contributed by atoms with Gasteiger partial charge in [0.05, 0.1) is 0 Å². The average molecular weight is 244 g/mol. The average Bonchev–Trinajstić information content (AvgIpc) is 2.14. The van der Waals surface area contributed by atoms with Crippen LogP contribution >= 0.6 is 0 Å². The van der Waals surface area contributed by atoms with Gasteiger partial charge in [0.25, 0.3) is 0 Å². The number of carbonyl (C=O) groups is 2. The summed E-state index contributed by atoms with van der Waals surface area (Å²) in [5, 5.41) is 14.4. The molecule has 0 saturated carbocycles. The number of carboxylic acid groups (broad SMARTS) is 1. The van der Waals surface area contributed by atoms with E-state index in [1.807, 2.05) is 0 Å². The van der Waals surface area contributed by atoms with Crippen molar-refractivity contribution in [2.45, 2.75) is 51.3 Å². The highest BCUT2D eigenvalue weighted by molar-refractivity contribution is 5.74. The highest BCUT2D eigenvalue weighted by Gasteiger charge is 2.28. The molecule has 2 atom stereocenters. The van der Waals surface area contributed by atoms with Crippen LogP contribution in [0.2, 0.25) is 0 Å². The van der Waals surface area contributed by atoms with Gasteiger partial charge in [-0.2, -0.15) is 0 Å². The van der Waals surface area contributed by atoms with Crippen molar-refractivity contribution in [2.24, 2.45) is 0 Å². The third-order valence-electron chi connectivity index (χ3n) is 2.42. The van der Waals surface area contributed by atoms with Crippen LogP contribution in [0.5, 0.6) is 0 Å². The molecule has 0 radical (unpaired) electrons. The molecule has 98 valence electrons. The van der Waals surface area contributed by atoms with Gasteiger partial charge in [-0.1, -0.05) is 0 Å². The van der Waals surface area contributed by atoms with Crippen LogP contribution in [0.25, 0.3) is 0 Å². The predicted molar refractivity (Wildman–Crippen MR) is 61.8 cm³/mol. The van der Waals surface area contributed by atoms with Gasteiger partial charge in [0.15, 0.2) is 0 Å². The Hall–Kier alpha value is -1.30. The molecule has 1 fully saturated rings. The lowest BCUT2D eigenvalue weighted by molar-refractivity contribution is -0.140. The van der Waals surface area contributed by atoms with Crippen molar-refractivity contribution >= 4 is 12.1 Å². The highest BCUT2D eigenvalue weighted by atomic mass is 16.6. The zero-order chi connectivity index (χ0) is 13.1. The maximum atomic E-state index is 11.5. The quantitative estimate of drug-likeness (QED) is 0.666. The first-order valence-electron chi connectivity index (χ1n) is 5.73. The minimum Gasteiger partial charge on any atom is -0.480 e. The van der Waals surface area contributed by atoms with E-state index < -0.39 is 23.7 Å². The van der Waals surface area contributed by atoms with E-state index in [0.29, 0.717) is 19.4 Å². The van der Waals surface area contributed by atoms with Crippen LogP contribution in [0.1, 0.15) is 33.6 Å². The lowest BCUT2D eigenvalue weighted by Crippen LogP contribution is -2.51. The molecule has 1 aliphatic rings. The number of carbonyl (C=O) groups excluding carboxylic acids is 1. The van der Waals surface area contributed by atoms with Crippen molar-refractivity contribution in [3.05, 3.63) is 0 Å². The van der Waals surface area contributed by atoms with Crippen molar-refractivity contribution in [3.8, 4) is 0 Å². The van der Waals surface area contributed by atoms with E-state index in [2.05, 4.69) is 10.6 Å². The Morgan fingerprint density at radius 1 is 1.41 bits per heavy atom. The molecule has 6 heteroatoms. The molecule has 0 aliphatic carbocycles. The van der Waals surface area contributed by atoms with Gasteiger partial charge in [0.1, 0.15) is 11.6 Å². The van der Waals surface area contributed by atoms with Crippen molar-refractivity contribution in [2.75, 3.05) is 6.54 Å². The summed E-state index contributed by atoms with van der Waals surface area (Å²) >= 11 is 0. The molecular weight excluding hydrogens is 224 g/mol.